The van der Waals surface area contributed by atoms with Crippen molar-refractivity contribution in [3.8, 4) is 0 Å². The van der Waals surface area contributed by atoms with Crippen molar-refractivity contribution in [3.63, 3.8) is 0 Å². The third kappa shape index (κ3) is 3.13. The first-order chi connectivity index (χ1) is 8.99. The highest BCUT2D eigenvalue weighted by atomic mass is 19.1. The van der Waals surface area contributed by atoms with E-state index >= 15 is 0 Å². The van der Waals surface area contributed by atoms with E-state index in [2.05, 4.69) is 0 Å². The minimum Gasteiger partial charge on any atom is -0.393 e. The quantitative estimate of drug-likeness (QED) is 0.912. The Labute approximate surface area is 113 Å². The lowest BCUT2D eigenvalue weighted by Gasteiger charge is -2.26. The number of aryl methyl sites for hydroxylation is 1. The van der Waals surface area contributed by atoms with Crippen molar-refractivity contribution in [3.05, 3.63) is 35.1 Å². The van der Waals surface area contributed by atoms with Crippen LogP contribution in [-0.4, -0.2) is 34.6 Å². The largest absolute Gasteiger partial charge is 0.393 e. The molecule has 0 radical (unpaired) electrons. The number of carbonyl (C=O) groups is 1. The molecule has 1 aliphatic rings. The van der Waals surface area contributed by atoms with E-state index in [-0.39, 0.29) is 17.5 Å². The Morgan fingerprint density at radius 1 is 1.58 bits per heavy atom. The molecule has 2 unspecified atom stereocenters. The zero-order valence-electron chi connectivity index (χ0n) is 11.4. The fourth-order valence-corrected chi connectivity index (χ4v) is 2.69. The number of halogens is 1. The number of benzene rings is 1. The molecule has 0 spiro atoms. The number of nitrogens with zero attached hydrogens (tertiary/aromatic N) is 1. The fraction of sp³-hybridized carbons (Fsp3) is 0.533. The molecule has 1 amide bonds. The molecule has 0 saturated carbocycles. The van der Waals surface area contributed by atoms with E-state index in [0.717, 1.165) is 18.4 Å². The monoisotopic (exact) mass is 265 g/mol. The van der Waals surface area contributed by atoms with Crippen LogP contribution in [0.5, 0.6) is 0 Å². The summed E-state index contributed by atoms with van der Waals surface area (Å²) >= 11 is 0. The highest BCUT2D eigenvalue weighted by Crippen LogP contribution is 2.24. The SMILES string of the molecule is Cc1ccc(C(=O)N2CCCC2CC(C)O)c(F)c1. The third-order valence-corrected chi connectivity index (χ3v) is 3.61. The predicted octanol–water partition coefficient (Wildman–Crippen LogP) is 2.51. The summed E-state index contributed by atoms with van der Waals surface area (Å²) in [6, 6.07) is 4.70. The van der Waals surface area contributed by atoms with Gasteiger partial charge >= 0.3 is 0 Å². The van der Waals surface area contributed by atoms with Gasteiger partial charge in [0.25, 0.3) is 5.91 Å². The number of likely N-dealkylation sites (tertiary alicyclic amines) is 1. The second-order valence-corrected chi connectivity index (χ2v) is 5.36. The van der Waals surface area contributed by atoms with Gasteiger partial charge in [-0.15, -0.1) is 0 Å². The number of amides is 1. The Hall–Kier alpha value is -1.42. The van der Waals surface area contributed by atoms with Crippen LogP contribution in [0.15, 0.2) is 18.2 Å². The molecule has 0 aliphatic carbocycles. The maximum atomic E-state index is 13.8. The zero-order chi connectivity index (χ0) is 14.0. The lowest BCUT2D eigenvalue weighted by atomic mass is 10.1. The van der Waals surface area contributed by atoms with Crippen LogP contribution in [0.25, 0.3) is 0 Å². The van der Waals surface area contributed by atoms with Gasteiger partial charge in [0.15, 0.2) is 0 Å². The number of hydrogen-bond donors (Lipinski definition) is 1. The van der Waals surface area contributed by atoms with Crippen LogP contribution in [-0.2, 0) is 0 Å². The van der Waals surface area contributed by atoms with Crippen molar-refractivity contribution in [2.75, 3.05) is 6.54 Å². The van der Waals surface area contributed by atoms with Crippen LogP contribution < -0.4 is 0 Å². The van der Waals surface area contributed by atoms with Crippen molar-refractivity contribution in [1.82, 2.24) is 4.90 Å². The van der Waals surface area contributed by atoms with Gasteiger partial charge in [0, 0.05) is 12.6 Å². The minimum atomic E-state index is -0.465. The molecule has 1 aromatic rings. The van der Waals surface area contributed by atoms with E-state index < -0.39 is 11.9 Å². The lowest BCUT2D eigenvalue weighted by Crippen LogP contribution is -2.37. The Kier molecular flexibility index (Phi) is 4.20. The summed E-state index contributed by atoms with van der Waals surface area (Å²) in [5.74, 6) is -0.728. The van der Waals surface area contributed by atoms with Crippen LogP contribution in [0.3, 0.4) is 0 Å². The van der Waals surface area contributed by atoms with Gasteiger partial charge in [-0.2, -0.15) is 0 Å². The molecule has 2 atom stereocenters. The molecule has 19 heavy (non-hydrogen) atoms. The van der Waals surface area contributed by atoms with Crippen LogP contribution in [0.4, 0.5) is 4.39 Å². The maximum Gasteiger partial charge on any atom is 0.257 e. The molecule has 3 nitrogen and oxygen atoms in total. The first-order valence-corrected chi connectivity index (χ1v) is 6.74. The van der Waals surface area contributed by atoms with Crippen molar-refractivity contribution in [2.45, 2.75) is 45.3 Å². The van der Waals surface area contributed by atoms with Gasteiger partial charge in [-0.3, -0.25) is 4.79 Å². The number of rotatable bonds is 3. The molecule has 4 heteroatoms. The molecule has 0 bridgehead atoms. The summed E-state index contributed by atoms with van der Waals surface area (Å²) in [6.45, 7) is 4.15. The predicted molar refractivity (Wildman–Crippen MR) is 71.5 cm³/mol. The third-order valence-electron chi connectivity index (χ3n) is 3.61. The van der Waals surface area contributed by atoms with E-state index in [1.807, 2.05) is 0 Å². The number of aliphatic hydroxyl groups is 1. The minimum absolute atomic E-state index is 0.0215. The maximum absolute atomic E-state index is 13.8. The van der Waals surface area contributed by atoms with Gasteiger partial charge in [0.05, 0.1) is 11.7 Å². The highest BCUT2D eigenvalue weighted by molar-refractivity contribution is 5.95. The molecule has 1 aromatic carbocycles. The van der Waals surface area contributed by atoms with E-state index in [9.17, 15) is 14.3 Å². The van der Waals surface area contributed by atoms with Crippen molar-refractivity contribution < 1.29 is 14.3 Å². The summed E-state index contributed by atoms with van der Waals surface area (Å²) in [6.07, 6.45) is 1.90. The molecule has 2 rings (SSSR count). The van der Waals surface area contributed by atoms with Crippen LogP contribution in [0.1, 0.15) is 42.1 Å². The van der Waals surface area contributed by atoms with Crippen LogP contribution >= 0.6 is 0 Å². The van der Waals surface area contributed by atoms with E-state index in [4.69, 9.17) is 0 Å². The standard InChI is InChI=1S/C15H20FNO2/c1-10-5-6-13(14(16)8-10)15(19)17-7-3-4-12(17)9-11(2)18/h5-6,8,11-12,18H,3-4,7,9H2,1-2H3. The Bertz CT molecular complexity index is 473. The molecule has 1 heterocycles. The Balaban J connectivity index is 2.18. The average Bonchev–Trinajstić information content (AvgIpc) is 2.75. The molecule has 1 fully saturated rings. The molecular weight excluding hydrogens is 245 g/mol. The topological polar surface area (TPSA) is 40.5 Å². The lowest BCUT2D eigenvalue weighted by molar-refractivity contribution is 0.0677. The molecule has 1 aliphatic heterocycles. The summed E-state index contributed by atoms with van der Waals surface area (Å²) in [7, 11) is 0. The second-order valence-electron chi connectivity index (χ2n) is 5.36. The first-order valence-electron chi connectivity index (χ1n) is 6.74. The normalized spacial score (nSPS) is 20.6. The fourth-order valence-electron chi connectivity index (χ4n) is 2.69. The van der Waals surface area contributed by atoms with Gasteiger partial charge in [0.2, 0.25) is 0 Å². The van der Waals surface area contributed by atoms with E-state index in [0.29, 0.717) is 13.0 Å². The van der Waals surface area contributed by atoms with Gasteiger partial charge in [-0.1, -0.05) is 6.07 Å². The molecule has 0 aromatic heterocycles. The van der Waals surface area contributed by atoms with Gasteiger partial charge in [0.1, 0.15) is 5.82 Å². The smallest absolute Gasteiger partial charge is 0.257 e. The summed E-state index contributed by atoms with van der Waals surface area (Å²) in [4.78, 5) is 14.1. The van der Waals surface area contributed by atoms with Crippen molar-refractivity contribution in [1.29, 1.82) is 0 Å². The second kappa shape index (κ2) is 5.70. The Morgan fingerprint density at radius 2 is 2.32 bits per heavy atom. The number of hydrogen-bond acceptors (Lipinski definition) is 2. The Morgan fingerprint density at radius 3 is 2.95 bits per heavy atom. The van der Waals surface area contributed by atoms with E-state index in [1.165, 1.54) is 6.07 Å². The van der Waals surface area contributed by atoms with Crippen LogP contribution in [0, 0.1) is 12.7 Å². The van der Waals surface area contributed by atoms with Crippen molar-refractivity contribution in [2.24, 2.45) is 0 Å². The molecule has 1 saturated heterocycles. The summed E-state index contributed by atoms with van der Waals surface area (Å²) in [5, 5.41) is 9.46. The molecule has 104 valence electrons. The zero-order valence-corrected chi connectivity index (χ0v) is 11.4. The van der Waals surface area contributed by atoms with Crippen molar-refractivity contribution >= 4 is 5.91 Å². The van der Waals surface area contributed by atoms with Gasteiger partial charge in [-0.25, -0.2) is 4.39 Å². The first kappa shape index (κ1) is 14.0. The number of aliphatic hydroxyl groups excluding tert-OH is 1. The summed E-state index contributed by atoms with van der Waals surface area (Å²) in [5.41, 5.74) is 0.930. The summed E-state index contributed by atoms with van der Waals surface area (Å²) < 4.78 is 13.8. The molecular formula is C15H20FNO2. The molecule has 1 N–H and O–H groups in total. The average molecular weight is 265 g/mol. The van der Waals surface area contributed by atoms with Gasteiger partial charge < -0.3 is 10.0 Å². The van der Waals surface area contributed by atoms with Gasteiger partial charge in [-0.05, 0) is 50.8 Å². The van der Waals surface area contributed by atoms with E-state index in [1.54, 1.807) is 30.9 Å². The van der Waals surface area contributed by atoms with Crippen LogP contribution in [0.2, 0.25) is 0 Å². The highest BCUT2D eigenvalue weighted by Gasteiger charge is 2.31. The number of carbonyl (C=O) groups excluding carboxylic acids is 1.